The average molecular weight is 314 g/mol. The summed E-state index contributed by atoms with van der Waals surface area (Å²) >= 11 is 0. The van der Waals surface area contributed by atoms with Gasteiger partial charge in [0.15, 0.2) is 0 Å². The van der Waals surface area contributed by atoms with Gasteiger partial charge in [-0.2, -0.15) is 0 Å². The first-order valence-electron chi connectivity index (χ1n) is 9.43. The zero-order valence-electron chi connectivity index (χ0n) is 14.2. The number of carbonyl (C=O) groups excluding carboxylic acids is 1. The molecule has 3 heteroatoms. The summed E-state index contributed by atoms with van der Waals surface area (Å²) in [5, 5.41) is 3.32. The van der Waals surface area contributed by atoms with Gasteiger partial charge in [0.05, 0.1) is 0 Å². The molecule has 1 aromatic carbocycles. The maximum absolute atomic E-state index is 12.7. The van der Waals surface area contributed by atoms with Crippen LogP contribution in [0.5, 0.6) is 0 Å². The summed E-state index contributed by atoms with van der Waals surface area (Å²) in [6.45, 7) is 1.77. The molecule has 1 saturated carbocycles. The quantitative estimate of drug-likeness (QED) is 0.789. The van der Waals surface area contributed by atoms with Crippen molar-refractivity contribution in [3.05, 3.63) is 35.9 Å². The van der Waals surface area contributed by atoms with Crippen LogP contribution in [0.15, 0.2) is 30.3 Å². The molecule has 1 aliphatic heterocycles. The molecule has 1 heterocycles. The summed E-state index contributed by atoms with van der Waals surface area (Å²) in [6.07, 6.45) is 11.0. The van der Waals surface area contributed by atoms with Gasteiger partial charge in [-0.25, -0.2) is 4.79 Å². The number of nitrogens with zero attached hydrogens (tertiary/aromatic N) is 1. The maximum atomic E-state index is 12.7. The zero-order chi connectivity index (χ0) is 15.9. The average Bonchev–Trinajstić information content (AvgIpc) is 2.98. The molecule has 1 unspecified atom stereocenters. The summed E-state index contributed by atoms with van der Waals surface area (Å²) in [7, 11) is 0. The van der Waals surface area contributed by atoms with Crippen LogP contribution >= 0.6 is 0 Å². The molecule has 3 nitrogen and oxygen atoms in total. The van der Waals surface area contributed by atoms with Crippen LogP contribution in [-0.2, 0) is 0 Å². The van der Waals surface area contributed by atoms with Crippen LogP contribution in [0.1, 0.15) is 69.3 Å². The van der Waals surface area contributed by atoms with E-state index < -0.39 is 0 Å². The van der Waals surface area contributed by atoms with Crippen molar-refractivity contribution >= 4 is 6.03 Å². The second-order valence-electron chi connectivity index (χ2n) is 7.19. The normalized spacial score (nSPS) is 23.8. The van der Waals surface area contributed by atoms with Crippen molar-refractivity contribution in [3.8, 4) is 0 Å². The molecular formula is C20H30N2O. The predicted octanol–water partition coefficient (Wildman–Crippen LogP) is 4.69. The summed E-state index contributed by atoms with van der Waals surface area (Å²) in [5.41, 5.74) is 1.38. The van der Waals surface area contributed by atoms with E-state index in [4.69, 9.17) is 0 Å². The van der Waals surface area contributed by atoms with E-state index in [2.05, 4.69) is 40.5 Å². The van der Waals surface area contributed by atoms with E-state index in [9.17, 15) is 4.79 Å². The van der Waals surface area contributed by atoms with Crippen LogP contribution in [0.25, 0.3) is 0 Å². The fourth-order valence-corrected chi connectivity index (χ4v) is 4.01. The monoisotopic (exact) mass is 314 g/mol. The lowest BCUT2D eigenvalue weighted by atomic mass is 9.94. The number of hydrogen-bond donors (Lipinski definition) is 1. The molecule has 23 heavy (non-hydrogen) atoms. The van der Waals surface area contributed by atoms with Crippen molar-refractivity contribution in [3.63, 3.8) is 0 Å². The van der Waals surface area contributed by atoms with E-state index in [-0.39, 0.29) is 6.03 Å². The molecule has 1 N–H and O–H groups in total. The summed E-state index contributed by atoms with van der Waals surface area (Å²) in [6, 6.07) is 11.3. The molecule has 0 radical (unpaired) electrons. The Kier molecular flexibility index (Phi) is 5.95. The highest BCUT2D eigenvalue weighted by molar-refractivity contribution is 5.74. The molecule has 0 bridgehead atoms. The van der Waals surface area contributed by atoms with Crippen LogP contribution in [0.3, 0.4) is 0 Å². The van der Waals surface area contributed by atoms with Crippen molar-refractivity contribution in [1.29, 1.82) is 0 Å². The van der Waals surface area contributed by atoms with Gasteiger partial charge in [-0.05, 0) is 31.2 Å². The number of amides is 2. The Morgan fingerprint density at radius 2 is 1.61 bits per heavy atom. The minimum atomic E-state index is 0.166. The third-order valence-electron chi connectivity index (χ3n) is 5.41. The highest BCUT2D eigenvalue weighted by Gasteiger charge is 2.24. The summed E-state index contributed by atoms with van der Waals surface area (Å²) < 4.78 is 0. The third kappa shape index (κ3) is 4.73. The highest BCUT2D eigenvalue weighted by atomic mass is 16.2. The minimum absolute atomic E-state index is 0.166. The Morgan fingerprint density at radius 3 is 2.35 bits per heavy atom. The van der Waals surface area contributed by atoms with E-state index in [0.717, 1.165) is 32.4 Å². The molecule has 1 aliphatic carbocycles. The maximum Gasteiger partial charge on any atom is 0.317 e. The van der Waals surface area contributed by atoms with Crippen LogP contribution in [0, 0.1) is 0 Å². The molecule has 2 aliphatic rings. The zero-order valence-corrected chi connectivity index (χ0v) is 14.2. The van der Waals surface area contributed by atoms with Gasteiger partial charge in [-0.3, -0.25) is 0 Å². The van der Waals surface area contributed by atoms with Crippen LogP contribution < -0.4 is 5.32 Å². The summed E-state index contributed by atoms with van der Waals surface area (Å²) in [4.78, 5) is 14.8. The van der Waals surface area contributed by atoms with E-state index in [0.29, 0.717) is 12.0 Å². The van der Waals surface area contributed by atoms with Crippen LogP contribution in [-0.4, -0.2) is 30.1 Å². The molecule has 2 amide bonds. The second-order valence-corrected chi connectivity index (χ2v) is 7.19. The van der Waals surface area contributed by atoms with Crippen molar-refractivity contribution < 1.29 is 4.79 Å². The first-order chi connectivity index (χ1) is 11.3. The topological polar surface area (TPSA) is 32.3 Å². The van der Waals surface area contributed by atoms with E-state index in [1.807, 2.05) is 0 Å². The smallest absolute Gasteiger partial charge is 0.317 e. The highest BCUT2D eigenvalue weighted by Crippen LogP contribution is 2.26. The van der Waals surface area contributed by atoms with Crippen LogP contribution in [0.2, 0.25) is 0 Å². The first-order valence-corrected chi connectivity index (χ1v) is 9.43. The van der Waals surface area contributed by atoms with Crippen molar-refractivity contribution in [2.75, 3.05) is 13.1 Å². The summed E-state index contributed by atoms with van der Waals surface area (Å²) in [5.74, 6) is 0.485. The number of nitrogens with one attached hydrogen (secondary N) is 1. The fourth-order valence-electron chi connectivity index (χ4n) is 4.01. The van der Waals surface area contributed by atoms with E-state index >= 15 is 0 Å². The van der Waals surface area contributed by atoms with Gasteiger partial charge in [-0.1, -0.05) is 62.4 Å². The number of rotatable bonds is 2. The van der Waals surface area contributed by atoms with Crippen molar-refractivity contribution in [1.82, 2.24) is 10.2 Å². The van der Waals surface area contributed by atoms with Gasteiger partial charge in [0.2, 0.25) is 0 Å². The number of benzene rings is 1. The van der Waals surface area contributed by atoms with Crippen molar-refractivity contribution in [2.24, 2.45) is 0 Å². The fraction of sp³-hybridized carbons (Fsp3) is 0.650. The van der Waals surface area contributed by atoms with Gasteiger partial charge in [0.1, 0.15) is 0 Å². The molecule has 3 rings (SSSR count). The Morgan fingerprint density at radius 1 is 0.913 bits per heavy atom. The number of carbonyl (C=O) groups is 1. The van der Waals surface area contributed by atoms with Gasteiger partial charge in [-0.15, -0.1) is 0 Å². The lowest BCUT2D eigenvalue weighted by Gasteiger charge is -2.27. The molecule has 126 valence electrons. The van der Waals surface area contributed by atoms with Gasteiger partial charge in [0.25, 0.3) is 0 Å². The SMILES string of the molecule is O=C(NC1CCCCCC1)N1CCCCC(c2ccccc2)C1. The Hall–Kier alpha value is -1.51. The molecule has 0 spiro atoms. The second kappa shape index (κ2) is 8.37. The lowest BCUT2D eigenvalue weighted by Crippen LogP contribution is -2.46. The minimum Gasteiger partial charge on any atom is -0.335 e. The molecule has 2 fully saturated rings. The Labute approximate surface area is 140 Å². The molecule has 1 aromatic rings. The first kappa shape index (κ1) is 16.4. The van der Waals surface area contributed by atoms with Crippen molar-refractivity contribution in [2.45, 2.75) is 69.7 Å². The molecule has 1 saturated heterocycles. The Bertz CT molecular complexity index is 480. The Balaban J connectivity index is 1.60. The van der Waals surface area contributed by atoms with Gasteiger partial charge >= 0.3 is 6.03 Å². The third-order valence-corrected chi connectivity index (χ3v) is 5.41. The number of urea groups is 1. The standard InChI is InChI=1S/C20H30N2O/c23-20(21-19-13-6-1-2-7-14-19)22-15-9-8-12-18(16-22)17-10-4-3-5-11-17/h3-5,10-11,18-19H,1-2,6-9,12-16H2,(H,21,23). The van der Waals surface area contributed by atoms with Gasteiger partial charge in [0, 0.05) is 25.0 Å². The van der Waals surface area contributed by atoms with E-state index in [1.54, 1.807) is 0 Å². The predicted molar refractivity (Wildman–Crippen MR) is 94.6 cm³/mol. The largest absolute Gasteiger partial charge is 0.335 e. The molecular weight excluding hydrogens is 284 g/mol. The number of likely N-dealkylation sites (tertiary alicyclic amines) is 1. The van der Waals surface area contributed by atoms with E-state index in [1.165, 1.54) is 44.1 Å². The van der Waals surface area contributed by atoms with Gasteiger partial charge < -0.3 is 10.2 Å². The molecule has 0 aromatic heterocycles. The molecule has 1 atom stereocenters. The van der Waals surface area contributed by atoms with Crippen LogP contribution in [0.4, 0.5) is 4.79 Å². The lowest BCUT2D eigenvalue weighted by molar-refractivity contribution is 0.192. The number of hydrogen-bond acceptors (Lipinski definition) is 1.